The topological polar surface area (TPSA) is 9.23 Å². The van der Waals surface area contributed by atoms with Crippen molar-refractivity contribution in [2.24, 2.45) is 0 Å². The maximum atomic E-state index is 5.60. The van der Waals surface area contributed by atoms with E-state index < -0.39 is 0 Å². The molecule has 0 spiro atoms. The molecule has 0 aliphatic carbocycles. The number of thiocarbonyl (C=S) groups is 1. The molecular weight excluding hydrogens is 260 g/mol. The first-order valence-corrected chi connectivity index (χ1v) is 7.03. The summed E-state index contributed by atoms with van der Waals surface area (Å²) in [7, 11) is 0. The Morgan fingerprint density at radius 2 is 1.56 bits per heavy atom. The molecule has 0 amide bonds. The van der Waals surface area contributed by atoms with Gasteiger partial charge in [0.25, 0.3) is 0 Å². The van der Waals surface area contributed by atoms with Crippen molar-refractivity contribution in [3.8, 4) is 5.75 Å². The first-order valence-electron chi connectivity index (χ1n) is 5.74. The third-order valence-electron chi connectivity index (χ3n) is 2.49. The van der Waals surface area contributed by atoms with Crippen molar-refractivity contribution in [2.75, 3.05) is 0 Å². The van der Waals surface area contributed by atoms with Crippen LogP contribution in [0.2, 0.25) is 0 Å². The van der Waals surface area contributed by atoms with Gasteiger partial charge < -0.3 is 4.74 Å². The van der Waals surface area contributed by atoms with Gasteiger partial charge in [-0.25, -0.2) is 0 Å². The van der Waals surface area contributed by atoms with Crippen LogP contribution in [0.25, 0.3) is 0 Å². The van der Waals surface area contributed by atoms with Crippen molar-refractivity contribution < 1.29 is 4.74 Å². The molecule has 0 aliphatic rings. The zero-order chi connectivity index (χ0) is 12.8. The number of para-hydroxylation sites is 1. The van der Waals surface area contributed by atoms with E-state index in [0.717, 1.165) is 5.75 Å². The summed E-state index contributed by atoms with van der Waals surface area (Å²) < 4.78 is 6.15. The monoisotopic (exact) mass is 274 g/mol. The lowest BCUT2D eigenvalue weighted by Crippen LogP contribution is -2.02. The molecule has 1 unspecified atom stereocenters. The standard InChI is InChI=1S/C15H14OS2/c1-12(13-8-4-2-5-9-13)18-15(17)16-14-10-6-3-7-11-14/h2-12H,1H3. The highest BCUT2D eigenvalue weighted by molar-refractivity contribution is 8.22. The maximum Gasteiger partial charge on any atom is 0.226 e. The van der Waals surface area contributed by atoms with Crippen LogP contribution in [0.5, 0.6) is 5.75 Å². The number of hydrogen-bond acceptors (Lipinski definition) is 3. The summed E-state index contributed by atoms with van der Waals surface area (Å²) in [5.41, 5.74) is 1.25. The molecule has 0 fully saturated rings. The van der Waals surface area contributed by atoms with Gasteiger partial charge in [0.05, 0.1) is 0 Å². The molecule has 1 nitrogen and oxygen atoms in total. The molecule has 0 heterocycles. The molecule has 0 radical (unpaired) electrons. The lowest BCUT2D eigenvalue weighted by atomic mass is 10.2. The van der Waals surface area contributed by atoms with E-state index in [0.29, 0.717) is 9.63 Å². The summed E-state index contributed by atoms with van der Waals surface area (Å²) >= 11 is 6.81. The van der Waals surface area contributed by atoms with E-state index in [9.17, 15) is 0 Å². The normalized spacial score (nSPS) is 11.8. The molecule has 92 valence electrons. The molecule has 0 saturated carbocycles. The SMILES string of the molecule is CC(SC(=S)Oc1ccccc1)c1ccccc1. The molecule has 2 rings (SSSR count). The highest BCUT2D eigenvalue weighted by atomic mass is 32.2. The van der Waals surface area contributed by atoms with E-state index in [2.05, 4.69) is 19.1 Å². The first kappa shape index (κ1) is 13.1. The number of thioether (sulfide) groups is 1. The summed E-state index contributed by atoms with van der Waals surface area (Å²) in [6, 6.07) is 19.9. The van der Waals surface area contributed by atoms with E-state index in [-0.39, 0.29) is 0 Å². The van der Waals surface area contributed by atoms with E-state index in [1.165, 1.54) is 5.56 Å². The van der Waals surface area contributed by atoms with Crippen molar-refractivity contribution >= 4 is 28.4 Å². The fraction of sp³-hybridized carbons (Fsp3) is 0.133. The summed E-state index contributed by atoms with van der Waals surface area (Å²) in [5, 5.41) is 0.294. The Kier molecular flexibility index (Phi) is 4.79. The molecule has 3 heteroatoms. The zero-order valence-electron chi connectivity index (χ0n) is 10.1. The van der Waals surface area contributed by atoms with Gasteiger partial charge in [-0.2, -0.15) is 0 Å². The number of hydrogen-bond donors (Lipinski definition) is 0. The molecule has 0 N–H and O–H groups in total. The Bertz CT molecular complexity index is 496. The average molecular weight is 274 g/mol. The fourth-order valence-corrected chi connectivity index (χ4v) is 2.80. The highest BCUT2D eigenvalue weighted by Crippen LogP contribution is 2.30. The van der Waals surface area contributed by atoms with Gasteiger partial charge in [-0.1, -0.05) is 60.3 Å². The van der Waals surface area contributed by atoms with Crippen molar-refractivity contribution in [1.82, 2.24) is 0 Å². The smallest absolute Gasteiger partial charge is 0.226 e. The van der Waals surface area contributed by atoms with Crippen molar-refractivity contribution in [2.45, 2.75) is 12.2 Å². The highest BCUT2D eigenvalue weighted by Gasteiger charge is 2.10. The zero-order valence-corrected chi connectivity index (χ0v) is 11.7. The number of ether oxygens (including phenoxy) is 1. The molecule has 0 aromatic heterocycles. The maximum absolute atomic E-state index is 5.60. The second kappa shape index (κ2) is 6.57. The largest absolute Gasteiger partial charge is 0.440 e. The molecule has 0 saturated heterocycles. The fourth-order valence-electron chi connectivity index (χ4n) is 1.55. The lowest BCUT2D eigenvalue weighted by Gasteiger charge is -2.12. The summed E-state index contributed by atoms with van der Waals surface area (Å²) in [6.45, 7) is 2.13. The summed E-state index contributed by atoms with van der Waals surface area (Å²) in [5.74, 6) is 0.787. The van der Waals surface area contributed by atoms with Crippen LogP contribution in [0.4, 0.5) is 0 Å². The van der Waals surface area contributed by atoms with Crippen LogP contribution in [0, 0.1) is 0 Å². The molecule has 0 bridgehead atoms. The molecule has 18 heavy (non-hydrogen) atoms. The first-order chi connectivity index (χ1) is 8.75. The van der Waals surface area contributed by atoms with Gasteiger partial charge >= 0.3 is 0 Å². The van der Waals surface area contributed by atoms with Crippen LogP contribution >= 0.6 is 24.0 Å². The summed E-state index contributed by atoms with van der Waals surface area (Å²) in [6.07, 6.45) is 0. The molecular formula is C15H14OS2. The Hall–Kier alpha value is -1.32. The van der Waals surface area contributed by atoms with Crippen LogP contribution in [0.3, 0.4) is 0 Å². The van der Waals surface area contributed by atoms with Crippen molar-refractivity contribution in [3.05, 3.63) is 66.2 Å². The van der Waals surface area contributed by atoms with Gasteiger partial charge in [0, 0.05) is 5.25 Å². The Labute approximate surface area is 117 Å². The third-order valence-corrected chi connectivity index (χ3v) is 3.76. The minimum absolute atomic E-state index is 0.294. The minimum Gasteiger partial charge on any atom is -0.440 e. The molecule has 0 aliphatic heterocycles. The minimum atomic E-state index is 0.294. The van der Waals surface area contributed by atoms with E-state index in [4.69, 9.17) is 17.0 Å². The van der Waals surface area contributed by atoms with Gasteiger partial charge in [-0.15, -0.1) is 0 Å². The Morgan fingerprint density at radius 3 is 2.17 bits per heavy atom. The Balaban J connectivity index is 1.92. The molecule has 2 aromatic carbocycles. The van der Waals surface area contributed by atoms with Crippen molar-refractivity contribution in [1.29, 1.82) is 0 Å². The van der Waals surface area contributed by atoms with E-state index in [1.54, 1.807) is 11.8 Å². The van der Waals surface area contributed by atoms with Crippen LogP contribution in [-0.2, 0) is 0 Å². The summed E-state index contributed by atoms with van der Waals surface area (Å²) in [4.78, 5) is 0. The van der Waals surface area contributed by atoms with E-state index >= 15 is 0 Å². The number of benzene rings is 2. The third kappa shape index (κ3) is 3.86. The van der Waals surface area contributed by atoms with Crippen molar-refractivity contribution in [3.63, 3.8) is 0 Å². The van der Waals surface area contributed by atoms with Gasteiger partial charge in [0.2, 0.25) is 4.38 Å². The van der Waals surface area contributed by atoms with Gasteiger partial charge in [0.1, 0.15) is 5.75 Å². The second-order valence-electron chi connectivity index (χ2n) is 3.84. The van der Waals surface area contributed by atoms with Gasteiger partial charge in [-0.3, -0.25) is 0 Å². The van der Waals surface area contributed by atoms with Crippen LogP contribution in [0.1, 0.15) is 17.7 Å². The van der Waals surface area contributed by atoms with Crippen LogP contribution in [-0.4, -0.2) is 4.38 Å². The average Bonchev–Trinajstić information content (AvgIpc) is 2.40. The quantitative estimate of drug-likeness (QED) is 0.741. The van der Waals surface area contributed by atoms with Crippen LogP contribution < -0.4 is 4.74 Å². The number of rotatable bonds is 3. The second-order valence-corrected chi connectivity index (χ2v) is 5.78. The van der Waals surface area contributed by atoms with Gasteiger partial charge in [-0.05, 0) is 36.8 Å². The van der Waals surface area contributed by atoms with E-state index in [1.807, 2.05) is 48.5 Å². The predicted octanol–water partition coefficient (Wildman–Crippen LogP) is 4.84. The predicted molar refractivity (Wildman–Crippen MR) is 82.1 cm³/mol. The van der Waals surface area contributed by atoms with Gasteiger partial charge in [0.15, 0.2) is 0 Å². The molecule has 2 aromatic rings. The molecule has 1 atom stereocenters. The Morgan fingerprint density at radius 1 is 1.00 bits per heavy atom. The van der Waals surface area contributed by atoms with Crippen LogP contribution in [0.15, 0.2) is 60.7 Å². The lowest BCUT2D eigenvalue weighted by molar-refractivity contribution is 0.579.